The Labute approximate surface area is 165 Å². The molecule has 2 heterocycles. The highest BCUT2D eigenvalue weighted by Gasteiger charge is 2.50. The summed E-state index contributed by atoms with van der Waals surface area (Å²) < 4.78 is 2.02. The van der Waals surface area contributed by atoms with E-state index in [0.29, 0.717) is 17.2 Å². The average Bonchev–Trinajstić information content (AvgIpc) is 3.09. The first-order valence-electron chi connectivity index (χ1n) is 9.66. The van der Waals surface area contributed by atoms with Crippen LogP contribution in [-0.2, 0) is 4.79 Å². The molecule has 1 aromatic heterocycles. The van der Waals surface area contributed by atoms with Crippen molar-refractivity contribution in [2.24, 2.45) is 10.8 Å². The van der Waals surface area contributed by atoms with Gasteiger partial charge < -0.3 is 4.90 Å². The molecule has 4 rings (SSSR count). The van der Waals surface area contributed by atoms with Gasteiger partial charge >= 0.3 is 0 Å². The van der Waals surface area contributed by atoms with E-state index in [9.17, 15) is 4.79 Å². The third-order valence-electron chi connectivity index (χ3n) is 5.87. The number of amides is 1. The molecular weight excluding hydrogens is 356 g/mol. The van der Waals surface area contributed by atoms with Crippen molar-refractivity contribution >= 4 is 17.7 Å². The van der Waals surface area contributed by atoms with Crippen molar-refractivity contribution < 1.29 is 4.79 Å². The Kier molecular flexibility index (Phi) is 4.57. The molecule has 0 radical (unpaired) electrons. The van der Waals surface area contributed by atoms with Crippen LogP contribution in [0.1, 0.15) is 45.9 Å². The van der Waals surface area contributed by atoms with Crippen LogP contribution in [0.25, 0.3) is 5.69 Å². The second-order valence-electron chi connectivity index (χ2n) is 9.22. The first kappa shape index (κ1) is 18.5. The maximum atomic E-state index is 13.0. The summed E-state index contributed by atoms with van der Waals surface area (Å²) in [6.07, 6.45) is 3.46. The molecule has 2 unspecified atom stereocenters. The van der Waals surface area contributed by atoms with Gasteiger partial charge in [0.15, 0.2) is 5.16 Å². The average molecular weight is 385 g/mol. The van der Waals surface area contributed by atoms with Crippen LogP contribution in [-0.4, -0.2) is 43.9 Å². The zero-order valence-electron chi connectivity index (χ0n) is 16.6. The number of carbonyl (C=O) groups excluding carboxylic acids is 1. The molecule has 144 valence electrons. The standard InChI is InChI=1S/C21H28N4OS/c1-15-22-23-19(25(15)16-8-6-5-7-9-16)27-12-18(26)24-14-21(4)11-17(24)10-20(2,3)13-21/h5-9,17H,10-14H2,1-4H3. The number of aryl methyl sites for hydroxylation is 1. The summed E-state index contributed by atoms with van der Waals surface area (Å²) in [5, 5.41) is 9.30. The number of carbonyl (C=O) groups is 1. The molecule has 6 heteroatoms. The number of benzene rings is 1. The van der Waals surface area contributed by atoms with E-state index in [4.69, 9.17) is 0 Å². The second-order valence-corrected chi connectivity index (χ2v) is 10.2. The summed E-state index contributed by atoms with van der Waals surface area (Å²) >= 11 is 1.49. The van der Waals surface area contributed by atoms with Gasteiger partial charge in [-0.05, 0) is 49.1 Å². The number of hydrogen-bond donors (Lipinski definition) is 0. The number of likely N-dealkylation sites (tertiary alicyclic amines) is 1. The topological polar surface area (TPSA) is 51.0 Å². The predicted octanol–water partition coefficient (Wildman–Crippen LogP) is 4.10. The lowest BCUT2D eigenvalue weighted by molar-refractivity contribution is -0.129. The van der Waals surface area contributed by atoms with E-state index in [1.165, 1.54) is 18.2 Å². The lowest BCUT2D eigenvalue weighted by atomic mass is 9.65. The van der Waals surface area contributed by atoms with Crippen LogP contribution in [0.15, 0.2) is 35.5 Å². The van der Waals surface area contributed by atoms with Crippen molar-refractivity contribution in [3.05, 3.63) is 36.2 Å². The highest BCUT2D eigenvalue weighted by molar-refractivity contribution is 7.99. The minimum atomic E-state index is 0.228. The Bertz CT molecular complexity index is 847. The van der Waals surface area contributed by atoms with Gasteiger partial charge in [-0.1, -0.05) is 50.7 Å². The van der Waals surface area contributed by atoms with Gasteiger partial charge in [-0.25, -0.2) is 0 Å². The molecule has 27 heavy (non-hydrogen) atoms. The minimum Gasteiger partial charge on any atom is -0.338 e. The number of aromatic nitrogens is 3. The lowest BCUT2D eigenvalue weighted by Gasteiger charge is -2.39. The molecule has 2 aliphatic rings. The van der Waals surface area contributed by atoms with E-state index < -0.39 is 0 Å². The smallest absolute Gasteiger partial charge is 0.233 e. The normalized spacial score (nSPS) is 26.4. The Morgan fingerprint density at radius 1 is 1.19 bits per heavy atom. The zero-order valence-corrected chi connectivity index (χ0v) is 17.4. The van der Waals surface area contributed by atoms with Crippen molar-refractivity contribution in [2.75, 3.05) is 12.3 Å². The summed E-state index contributed by atoms with van der Waals surface area (Å²) in [6.45, 7) is 9.86. The van der Waals surface area contributed by atoms with Crippen LogP contribution >= 0.6 is 11.8 Å². The van der Waals surface area contributed by atoms with E-state index in [0.717, 1.165) is 36.1 Å². The summed E-state index contributed by atoms with van der Waals surface area (Å²) in [6, 6.07) is 10.5. The van der Waals surface area contributed by atoms with Gasteiger partial charge in [0.05, 0.1) is 5.75 Å². The molecule has 1 aliphatic carbocycles. The molecular formula is C21H28N4OS. The molecule has 0 spiro atoms. The number of rotatable bonds is 4. The number of para-hydroxylation sites is 1. The minimum absolute atomic E-state index is 0.228. The maximum Gasteiger partial charge on any atom is 0.233 e. The molecule has 2 fully saturated rings. The van der Waals surface area contributed by atoms with Crippen molar-refractivity contribution in [2.45, 2.75) is 58.2 Å². The van der Waals surface area contributed by atoms with Gasteiger partial charge in [-0.3, -0.25) is 9.36 Å². The summed E-state index contributed by atoms with van der Waals surface area (Å²) in [4.78, 5) is 15.2. The predicted molar refractivity (Wildman–Crippen MR) is 108 cm³/mol. The van der Waals surface area contributed by atoms with Crippen molar-refractivity contribution in [3.63, 3.8) is 0 Å². The molecule has 1 saturated heterocycles. The SMILES string of the molecule is Cc1nnc(SCC(=O)N2CC3(C)CC2CC(C)(C)C3)n1-c1ccccc1. The lowest BCUT2D eigenvalue weighted by Crippen LogP contribution is -2.38. The van der Waals surface area contributed by atoms with Crippen LogP contribution in [0.5, 0.6) is 0 Å². The van der Waals surface area contributed by atoms with Crippen molar-refractivity contribution in [3.8, 4) is 5.69 Å². The van der Waals surface area contributed by atoms with Crippen LogP contribution < -0.4 is 0 Å². The monoisotopic (exact) mass is 384 g/mol. The van der Waals surface area contributed by atoms with Gasteiger partial charge in [0.1, 0.15) is 5.82 Å². The fourth-order valence-electron chi connectivity index (χ4n) is 5.27. The number of nitrogens with zero attached hydrogens (tertiary/aromatic N) is 4. The summed E-state index contributed by atoms with van der Waals surface area (Å²) in [5.41, 5.74) is 1.62. The second kappa shape index (κ2) is 6.66. The van der Waals surface area contributed by atoms with Crippen LogP contribution in [0, 0.1) is 17.8 Å². The fourth-order valence-corrected chi connectivity index (χ4v) is 6.16. The maximum absolute atomic E-state index is 13.0. The quantitative estimate of drug-likeness (QED) is 0.745. The van der Waals surface area contributed by atoms with Gasteiger partial charge in [0, 0.05) is 18.3 Å². The van der Waals surface area contributed by atoms with Crippen molar-refractivity contribution in [1.29, 1.82) is 0 Å². The first-order chi connectivity index (χ1) is 12.8. The van der Waals surface area contributed by atoms with E-state index in [-0.39, 0.29) is 11.3 Å². The van der Waals surface area contributed by atoms with E-state index in [2.05, 4.69) is 35.9 Å². The summed E-state index contributed by atoms with van der Waals surface area (Å²) in [7, 11) is 0. The molecule has 2 aromatic rings. The molecule has 1 aliphatic heterocycles. The third-order valence-corrected chi connectivity index (χ3v) is 6.78. The first-order valence-corrected chi connectivity index (χ1v) is 10.6. The van der Waals surface area contributed by atoms with Gasteiger partial charge in [-0.2, -0.15) is 0 Å². The Hall–Kier alpha value is -1.82. The molecule has 2 bridgehead atoms. The molecule has 1 aromatic carbocycles. The van der Waals surface area contributed by atoms with Gasteiger partial charge in [0.2, 0.25) is 5.91 Å². The van der Waals surface area contributed by atoms with Crippen LogP contribution in [0.2, 0.25) is 0 Å². The number of fused-ring (bicyclic) bond motifs is 2. The third kappa shape index (κ3) is 3.64. The Morgan fingerprint density at radius 2 is 1.93 bits per heavy atom. The molecule has 1 amide bonds. The zero-order chi connectivity index (χ0) is 19.2. The highest BCUT2D eigenvalue weighted by Crippen LogP contribution is 2.52. The van der Waals surface area contributed by atoms with Crippen LogP contribution in [0.4, 0.5) is 0 Å². The number of thioether (sulfide) groups is 1. The largest absolute Gasteiger partial charge is 0.338 e. The fraction of sp³-hybridized carbons (Fsp3) is 0.571. The molecule has 2 atom stereocenters. The molecule has 5 nitrogen and oxygen atoms in total. The Morgan fingerprint density at radius 3 is 2.67 bits per heavy atom. The van der Waals surface area contributed by atoms with Crippen LogP contribution in [0.3, 0.4) is 0 Å². The number of hydrogen-bond acceptors (Lipinski definition) is 4. The highest BCUT2D eigenvalue weighted by atomic mass is 32.2. The Balaban J connectivity index is 1.47. The van der Waals surface area contributed by atoms with E-state index in [1.807, 2.05) is 41.8 Å². The molecule has 1 saturated carbocycles. The summed E-state index contributed by atoms with van der Waals surface area (Å²) in [5.74, 6) is 1.48. The van der Waals surface area contributed by atoms with Crippen molar-refractivity contribution in [1.82, 2.24) is 19.7 Å². The van der Waals surface area contributed by atoms with E-state index >= 15 is 0 Å². The van der Waals surface area contributed by atoms with Gasteiger partial charge in [-0.15, -0.1) is 10.2 Å². The van der Waals surface area contributed by atoms with E-state index in [1.54, 1.807) is 0 Å². The molecule has 0 N–H and O–H groups in total. The van der Waals surface area contributed by atoms with Gasteiger partial charge in [0.25, 0.3) is 0 Å².